The summed E-state index contributed by atoms with van der Waals surface area (Å²) in [6.07, 6.45) is -0.449. The van der Waals surface area contributed by atoms with Crippen LogP contribution in [-0.2, 0) is 11.3 Å². The van der Waals surface area contributed by atoms with Gasteiger partial charge in [0.25, 0.3) is 0 Å². The second kappa shape index (κ2) is 6.08. The highest BCUT2D eigenvalue weighted by Crippen LogP contribution is 2.10. The molecule has 0 heterocycles. The van der Waals surface area contributed by atoms with Gasteiger partial charge in [0.1, 0.15) is 5.60 Å². The highest BCUT2D eigenvalue weighted by Gasteiger charge is 2.22. The second-order valence-corrected chi connectivity index (χ2v) is 5.41. The maximum atomic E-state index is 11.8. The lowest BCUT2D eigenvalue weighted by Gasteiger charge is -2.25. The average molecular weight is 265 g/mol. The van der Waals surface area contributed by atoms with Crippen molar-refractivity contribution in [3.8, 4) is 0 Å². The second-order valence-electron chi connectivity index (χ2n) is 5.41. The van der Waals surface area contributed by atoms with Crippen molar-refractivity contribution < 1.29 is 19.6 Å². The van der Waals surface area contributed by atoms with E-state index in [2.05, 4.69) is 0 Å². The van der Waals surface area contributed by atoms with E-state index in [4.69, 9.17) is 4.74 Å². The number of rotatable bonds is 3. The van der Waals surface area contributed by atoms with Gasteiger partial charge in [-0.05, 0) is 31.8 Å². The molecule has 0 aromatic heterocycles. The summed E-state index contributed by atoms with van der Waals surface area (Å²) in [7, 11) is 0.0532. The molecule has 0 spiro atoms. The van der Waals surface area contributed by atoms with Crippen LogP contribution in [0.1, 0.15) is 26.3 Å². The molecule has 19 heavy (non-hydrogen) atoms. The zero-order chi connectivity index (χ0) is 14.6. The Kier molecular flexibility index (Phi) is 4.97. The lowest BCUT2D eigenvalue weighted by molar-refractivity contribution is 0.0285. The molecule has 0 bridgehead atoms. The van der Waals surface area contributed by atoms with Crippen molar-refractivity contribution in [2.24, 2.45) is 0 Å². The van der Waals surface area contributed by atoms with Crippen molar-refractivity contribution in [2.75, 3.05) is 7.05 Å². The van der Waals surface area contributed by atoms with Gasteiger partial charge in [0.05, 0.1) is 0 Å². The van der Waals surface area contributed by atoms with Crippen molar-refractivity contribution in [1.29, 1.82) is 0 Å². The molecule has 6 heteroatoms. The molecular formula is C13H20BNO4. The van der Waals surface area contributed by atoms with Gasteiger partial charge in [0, 0.05) is 13.6 Å². The van der Waals surface area contributed by atoms with Crippen LogP contribution < -0.4 is 5.46 Å². The minimum absolute atomic E-state index is 0.253. The maximum absolute atomic E-state index is 11.8. The van der Waals surface area contributed by atoms with E-state index in [1.165, 1.54) is 4.90 Å². The molecular weight excluding hydrogens is 245 g/mol. The number of hydrogen-bond donors (Lipinski definition) is 2. The zero-order valence-electron chi connectivity index (χ0n) is 11.8. The van der Waals surface area contributed by atoms with E-state index in [0.717, 1.165) is 0 Å². The van der Waals surface area contributed by atoms with Crippen molar-refractivity contribution in [2.45, 2.75) is 32.9 Å². The Morgan fingerprint density at radius 1 is 1.32 bits per heavy atom. The lowest BCUT2D eigenvalue weighted by Crippen LogP contribution is -2.38. The molecule has 0 aliphatic heterocycles. The third kappa shape index (κ3) is 4.92. The monoisotopic (exact) mass is 265 g/mol. The number of amides is 1. The summed E-state index contributed by atoms with van der Waals surface area (Å²) >= 11 is 0. The topological polar surface area (TPSA) is 70.0 Å². The normalized spacial score (nSPS) is 11.1. The Morgan fingerprint density at radius 3 is 2.42 bits per heavy atom. The van der Waals surface area contributed by atoms with Crippen molar-refractivity contribution in [1.82, 2.24) is 4.90 Å². The lowest BCUT2D eigenvalue weighted by atomic mass is 9.77. The largest absolute Gasteiger partial charge is 0.488 e. The fourth-order valence-electron chi connectivity index (χ4n) is 1.59. The first kappa shape index (κ1) is 15.5. The number of hydrogen-bond acceptors (Lipinski definition) is 4. The summed E-state index contributed by atoms with van der Waals surface area (Å²) in [6.45, 7) is 5.64. The van der Waals surface area contributed by atoms with Crippen LogP contribution in [0, 0.1) is 0 Å². The number of carbonyl (C=O) groups is 1. The van der Waals surface area contributed by atoms with E-state index in [-0.39, 0.29) is 6.54 Å². The van der Waals surface area contributed by atoms with Gasteiger partial charge < -0.3 is 19.7 Å². The van der Waals surface area contributed by atoms with Crippen LogP contribution in [0.2, 0.25) is 0 Å². The minimum Gasteiger partial charge on any atom is -0.444 e. The van der Waals surface area contributed by atoms with Crippen LogP contribution in [0.3, 0.4) is 0 Å². The number of nitrogens with zero attached hydrogens (tertiary/aromatic N) is 1. The van der Waals surface area contributed by atoms with Gasteiger partial charge in [-0.1, -0.05) is 24.3 Å². The Hall–Kier alpha value is -1.53. The van der Waals surface area contributed by atoms with Gasteiger partial charge in [-0.15, -0.1) is 0 Å². The summed E-state index contributed by atoms with van der Waals surface area (Å²) in [5, 5.41) is 18.5. The molecule has 1 amide bonds. The molecule has 0 unspecified atom stereocenters. The molecule has 0 fully saturated rings. The summed E-state index contributed by atoms with van der Waals surface area (Å²) in [5.74, 6) is 0. The molecule has 104 valence electrons. The molecule has 5 nitrogen and oxygen atoms in total. The van der Waals surface area contributed by atoms with Gasteiger partial charge in [-0.3, -0.25) is 0 Å². The minimum atomic E-state index is -1.55. The van der Waals surface area contributed by atoms with Gasteiger partial charge in [0.2, 0.25) is 0 Å². The fraction of sp³-hybridized carbons (Fsp3) is 0.462. The first-order valence-electron chi connectivity index (χ1n) is 6.09. The fourth-order valence-corrected chi connectivity index (χ4v) is 1.59. The first-order valence-corrected chi connectivity index (χ1v) is 6.09. The van der Waals surface area contributed by atoms with Crippen LogP contribution >= 0.6 is 0 Å². The summed E-state index contributed by atoms with van der Waals surface area (Å²) in [6, 6.07) is 6.86. The van der Waals surface area contributed by atoms with Crippen molar-refractivity contribution in [3.63, 3.8) is 0 Å². The van der Waals surface area contributed by atoms with E-state index < -0.39 is 18.8 Å². The van der Waals surface area contributed by atoms with E-state index in [0.29, 0.717) is 11.0 Å². The Morgan fingerprint density at radius 2 is 1.89 bits per heavy atom. The molecule has 0 saturated heterocycles. The van der Waals surface area contributed by atoms with Crippen LogP contribution in [0.25, 0.3) is 0 Å². The predicted molar refractivity (Wildman–Crippen MR) is 74.0 cm³/mol. The number of carbonyl (C=O) groups excluding carboxylic acids is 1. The van der Waals surface area contributed by atoms with Gasteiger partial charge in [-0.25, -0.2) is 4.79 Å². The summed E-state index contributed by atoms with van der Waals surface area (Å²) in [4.78, 5) is 13.2. The van der Waals surface area contributed by atoms with Crippen LogP contribution in [0.5, 0.6) is 0 Å². The van der Waals surface area contributed by atoms with E-state index >= 15 is 0 Å². The Bertz CT molecular complexity index is 443. The van der Waals surface area contributed by atoms with Crippen LogP contribution in [0.15, 0.2) is 24.3 Å². The van der Waals surface area contributed by atoms with Gasteiger partial charge in [0.15, 0.2) is 0 Å². The maximum Gasteiger partial charge on any atom is 0.488 e. The molecule has 0 aliphatic carbocycles. The Labute approximate surface area is 114 Å². The predicted octanol–water partition coefficient (Wildman–Crippen LogP) is 0.733. The quantitative estimate of drug-likeness (QED) is 0.790. The molecule has 0 radical (unpaired) electrons. The molecule has 1 aromatic rings. The summed E-state index contributed by atoms with van der Waals surface area (Å²) < 4.78 is 5.23. The molecule has 0 aliphatic rings. The molecule has 0 saturated carbocycles. The number of ether oxygens (including phenoxy) is 1. The average Bonchev–Trinajstić information content (AvgIpc) is 2.27. The first-order chi connectivity index (χ1) is 8.70. The highest BCUT2D eigenvalue weighted by molar-refractivity contribution is 6.59. The standard InChI is InChI=1S/C13H20BNO4/c1-13(2,3)19-12(16)15(4)9-10-7-5-6-8-11(10)14(17)18/h5-8,17-18H,9H2,1-4H3. The third-order valence-electron chi connectivity index (χ3n) is 2.45. The van der Waals surface area contributed by atoms with Crippen LogP contribution in [-0.4, -0.2) is 40.8 Å². The van der Waals surface area contributed by atoms with E-state index in [1.807, 2.05) is 0 Å². The van der Waals surface area contributed by atoms with Crippen molar-refractivity contribution >= 4 is 18.7 Å². The molecule has 1 rings (SSSR count). The highest BCUT2D eigenvalue weighted by atomic mass is 16.6. The molecule has 0 atom stereocenters. The van der Waals surface area contributed by atoms with Crippen LogP contribution in [0.4, 0.5) is 4.79 Å². The third-order valence-corrected chi connectivity index (χ3v) is 2.45. The zero-order valence-corrected chi connectivity index (χ0v) is 11.8. The smallest absolute Gasteiger partial charge is 0.444 e. The molecule has 1 aromatic carbocycles. The van der Waals surface area contributed by atoms with E-state index in [9.17, 15) is 14.8 Å². The van der Waals surface area contributed by atoms with Gasteiger partial charge >= 0.3 is 13.2 Å². The SMILES string of the molecule is CN(Cc1ccccc1B(O)O)C(=O)OC(C)(C)C. The number of benzene rings is 1. The summed E-state index contributed by atoms with van der Waals surface area (Å²) in [5.41, 5.74) is 0.505. The van der Waals surface area contributed by atoms with E-state index in [1.54, 1.807) is 52.1 Å². The Balaban J connectivity index is 2.77. The van der Waals surface area contributed by atoms with Gasteiger partial charge in [-0.2, -0.15) is 0 Å². The van der Waals surface area contributed by atoms with Crippen molar-refractivity contribution in [3.05, 3.63) is 29.8 Å². The molecule has 2 N–H and O–H groups in total.